The Morgan fingerprint density at radius 2 is 2.00 bits per heavy atom. The molecule has 3 heterocycles. The molecule has 0 unspecified atom stereocenters. The quantitative estimate of drug-likeness (QED) is 0.870. The Morgan fingerprint density at radius 1 is 1.30 bits per heavy atom. The van der Waals surface area contributed by atoms with Crippen LogP contribution < -0.4 is 0 Å². The molecule has 0 spiro atoms. The second-order valence-corrected chi connectivity index (χ2v) is 6.16. The van der Waals surface area contributed by atoms with Crippen molar-refractivity contribution in [1.82, 2.24) is 20.0 Å². The van der Waals surface area contributed by atoms with Gasteiger partial charge < -0.3 is 9.42 Å². The number of nitrogens with zero attached hydrogens (tertiary/aromatic N) is 4. The van der Waals surface area contributed by atoms with E-state index in [0.717, 1.165) is 29.3 Å². The van der Waals surface area contributed by atoms with Crippen LogP contribution in [0.2, 0.25) is 0 Å². The highest BCUT2D eigenvalue weighted by atomic mass is 16.5. The molecule has 0 radical (unpaired) electrons. The maximum atomic E-state index is 12.8. The van der Waals surface area contributed by atoms with Crippen molar-refractivity contribution in [3.8, 4) is 0 Å². The van der Waals surface area contributed by atoms with Gasteiger partial charge >= 0.3 is 0 Å². The molecule has 6 nitrogen and oxygen atoms in total. The number of aryl methyl sites for hydroxylation is 4. The van der Waals surface area contributed by atoms with E-state index in [-0.39, 0.29) is 11.8 Å². The van der Waals surface area contributed by atoms with Gasteiger partial charge in [-0.1, -0.05) is 12.1 Å². The summed E-state index contributed by atoms with van der Waals surface area (Å²) in [6.45, 7) is 9.08. The highest BCUT2D eigenvalue weighted by Gasteiger charge is 2.32. The van der Waals surface area contributed by atoms with Crippen molar-refractivity contribution in [1.29, 1.82) is 0 Å². The van der Waals surface area contributed by atoms with E-state index in [2.05, 4.69) is 15.1 Å². The van der Waals surface area contributed by atoms with E-state index < -0.39 is 0 Å². The summed E-state index contributed by atoms with van der Waals surface area (Å²) in [5, 5.41) is 3.98. The fraction of sp³-hybridized carbons (Fsp3) is 0.529. The number of likely N-dealkylation sites (tertiary alicyclic amines) is 1. The first-order valence-corrected chi connectivity index (χ1v) is 8.06. The van der Waals surface area contributed by atoms with Crippen LogP contribution in [-0.4, -0.2) is 39.0 Å². The van der Waals surface area contributed by atoms with Gasteiger partial charge in [-0.15, -0.1) is 0 Å². The van der Waals surface area contributed by atoms with E-state index >= 15 is 0 Å². The predicted octanol–water partition coefficient (Wildman–Crippen LogP) is 2.58. The molecule has 0 saturated carbocycles. The molecule has 1 saturated heterocycles. The smallest absolute Gasteiger partial charge is 0.259 e. The molecule has 2 aromatic rings. The molecular weight excluding hydrogens is 292 g/mol. The lowest BCUT2D eigenvalue weighted by Crippen LogP contribution is -2.29. The number of aromatic nitrogens is 3. The molecule has 1 atom stereocenters. The zero-order valence-electron chi connectivity index (χ0n) is 14.1. The Labute approximate surface area is 135 Å². The van der Waals surface area contributed by atoms with Gasteiger partial charge in [-0.25, -0.2) is 9.97 Å². The number of hydrogen-bond donors (Lipinski definition) is 0. The Balaban J connectivity index is 1.79. The van der Waals surface area contributed by atoms with Crippen LogP contribution in [-0.2, 0) is 6.42 Å². The fourth-order valence-corrected chi connectivity index (χ4v) is 3.18. The second-order valence-electron chi connectivity index (χ2n) is 6.16. The Hall–Kier alpha value is -2.24. The maximum absolute atomic E-state index is 12.8. The van der Waals surface area contributed by atoms with Gasteiger partial charge in [-0.2, -0.15) is 0 Å². The summed E-state index contributed by atoms with van der Waals surface area (Å²) >= 11 is 0. The lowest BCUT2D eigenvalue weighted by Gasteiger charge is -2.16. The van der Waals surface area contributed by atoms with Gasteiger partial charge in [0.25, 0.3) is 5.91 Å². The minimum absolute atomic E-state index is 0.00692. The topological polar surface area (TPSA) is 72.1 Å². The minimum Gasteiger partial charge on any atom is -0.361 e. The molecule has 0 aliphatic carbocycles. The van der Waals surface area contributed by atoms with Crippen LogP contribution in [0.5, 0.6) is 0 Å². The summed E-state index contributed by atoms with van der Waals surface area (Å²) in [4.78, 5) is 23.8. The van der Waals surface area contributed by atoms with E-state index in [4.69, 9.17) is 4.52 Å². The largest absolute Gasteiger partial charge is 0.361 e. The summed E-state index contributed by atoms with van der Waals surface area (Å²) in [5.74, 6) is 1.64. The number of rotatable bonds is 3. The molecule has 1 aliphatic rings. The predicted molar refractivity (Wildman–Crippen MR) is 85.4 cm³/mol. The van der Waals surface area contributed by atoms with Crippen LogP contribution in [0.1, 0.15) is 58.3 Å². The van der Waals surface area contributed by atoms with Gasteiger partial charge in [0.2, 0.25) is 0 Å². The molecule has 122 valence electrons. The molecule has 1 aliphatic heterocycles. The van der Waals surface area contributed by atoms with Gasteiger partial charge in [0.15, 0.2) is 0 Å². The van der Waals surface area contributed by atoms with Crippen molar-refractivity contribution in [2.24, 2.45) is 0 Å². The van der Waals surface area contributed by atoms with Crippen LogP contribution in [0.4, 0.5) is 0 Å². The number of carbonyl (C=O) groups is 1. The van der Waals surface area contributed by atoms with Crippen LogP contribution >= 0.6 is 0 Å². The number of carbonyl (C=O) groups excluding carboxylic acids is 1. The third kappa shape index (κ3) is 2.98. The first-order chi connectivity index (χ1) is 11.0. The van der Waals surface area contributed by atoms with Crippen LogP contribution in [0, 0.1) is 20.8 Å². The minimum atomic E-state index is 0.00692. The Bertz CT molecular complexity index is 718. The number of hydrogen-bond acceptors (Lipinski definition) is 5. The van der Waals surface area contributed by atoms with Crippen LogP contribution in [0.25, 0.3) is 0 Å². The van der Waals surface area contributed by atoms with Gasteiger partial charge in [-0.3, -0.25) is 4.79 Å². The van der Waals surface area contributed by atoms with E-state index in [9.17, 15) is 4.79 Å². The van der Waals surface area contributed by atoms with Crippen LogP contribution in [0.15, 0.2) is 10.6 Å². The number of amides is 1. The van der Waals surface area contributed by atoms with E-state index in [1.807, 2.05) is 31.7 Å². The molecule has 0 N–H and O–H groups in total. The van der Waals surface area contributed by atoms with E-state index in [0.29, 0.717) is 30.8 Å². The monoisotopic (exact) mass is 314 g/mol. The van der Waals surface area contributed by atoms with Gasteiger partial charge in [0.1, 0.15) is 17.1 Å². The third-order valence-electron chi connectivity index (χ3n) is 4.32. The third-order valence-corrected chi connectivity index (χ3v) is 4.32. The summed E-state index contributed by atoms with van der Waals surface area (Å²) in [6, 6.07) is 1.97. The molecular formula is C17H22N4O2. The summed E-state index contributed by atoms with van der Waals surface area (Å²) < 4.78 is 5.19. The molecule has 6 heteroatoms. The Kier molecular flexibility index (Phi) is 4.15. The standard InChI is InChI=1S/C17H22N4O2/c1-5-14-15(12(4)23-20-14)17(22)21-7-6-13(9-21)16-18-10(2)8-11(3)19-16/h8,13H,5-7,9H2,1-4H3/t13-/m0/s1. The summed E-state index contributed by atoms with van der Waals surface area (Å²) in [6.07, 6.45) is 1.58. The Morgan fingerprint density at radius 3 is 2.65 bits per heavy atom. The SMILES string of the molecule is CCc1noc(C)c1C(=O)N1CC[C@H](c2nc(C)cc(C)n2)C1. The molecule has 0 aromatic carbocycles. The zero-order chi connectivity index (χ0) is 16.6. The van der Waals surface area contributed by atoms with Gasteiger partial charge in [0, 0.05) is 30.4 Å². The van der Waals surface area contributed by atoms with Crippen molar-refractivity contribution >= 4 is 5.91 Å². The summed E-state index contributed by atoms with van der Waals surface area (Å²) in [7, 11) is 0. The van der Waals surface area contributed by atoms with Crippen molar-refractivity contribution in [3.05, 3.63) is 40.3 Å². The van der Waals surface area contributed by atoms with Crippen LogP contribution in [0.3, 0.4) is 0 Å². The lowest BCUT2D eigenvalue weighted by atomic mass is 10.1. The van der Waals surface area contributed by atoms with Crippen molar-refractivity contribution < 1.29 is 9.32 Å². The zero-order valence-corrected chi connectivity index (χ0v) is 14.1. The lowest BCUT2D eigenvalue weighted by molar-refractivity contribution is 0.0788. The van der Waals surface area contributed by atoms with Crippen molar-refractivity contribution in [2.75, 3.05) is 13.1 Å². The summed E-state index contributed by atoms with van der Waals surface area (Å²) in [5.41, 5.74) is 3.30. The molecule has 1 fully saturated rings. The van der Waals surface area contributed by atoms with E-state index in [1.54, 1.807) is 6.92 Å². The molecule has 23 heavy (non-hydrogen) atoms. The average Bonchev–Trinajstić information content (AvgIpc) is 3.12. The molecule has 2 aromatic heterocycles. The van der Waals surface area contributed by atoms with Crippen molar-refractivity contribution in [2.45, 2.75) is 46.5 Å². The first kappa shape index (κ1) is 15.6. The van der Waals surface area contributed by atoms with Gasteiger partial charge in [-0.05, 0) is 39.7 Å². The molecule has 1 amide bonds. The average molecular weight is 314 g/mol. The highest BCUT2D eigenvalue weighted by Crippen LogP contribution is 2.27. The first-order valence-electron chi connectivity index (χ1n) is 8.06. The normalized spacial score (nSPS) is 17.7. The molecule has 0 bridgehead atoms. The van der Waals surface area contributed by atoms with Gasteiger partial charge in [0.05, 0.1) is 5.69 Å². The maximum Gasteiger partial charge on any atom is 0.259 e. The fourth-order valence-electron chi connectivity index (χ4n) is 3.18. The second kappa shape index (κ2) is 6.10. The van der Waals surface area contributed by atoms with Crippen molar-refractivity contribution in [3.63, 3.8) is 0 Å². The molecule has 3 rings (SSSR count). The van der Waals surface area contributed by atoms with E-state index in [1.165, 1.54) is 0 Å². The highest BCUT2D eigenvalue weighted by molar-refractivity contribution is 5.96.